The van der Waals surface area contributed by atoms with Crippen LogP contribution in [0.4, 0.5) is 8.78 Å². The Balaban J connectivity index is 2.32. The number of hydrogen-bond acceptors (Lipinski definition) is 2. The van der Waals surface area contributed by atoms with Crippen molar-refractivity contribution >= 4 is 0 Å². The highest BCUT2D eigenvalue weighted by atomic mass is 19.1. The average Bonchev–Trinajstić information content (AvgIpc) is 2.39. The van der Waals surface area contributed by atoms with Gasteiger partial charge in [-0.3, -0.25) is 0 Å². The first-order valence-electron chi connectivity index (χ1n) is 6.96. The van der Waals surface area contributed by atoms with Gasteiger partial charge >= 0.3 is 0 Å². The smallest absolute Gasteiger partial charge is 0.130 e. The van der Waals surface area contributed by atoms with E-state index in [9.17, 15) is 8.78 Å². The average molecular weight is 270 g/mol. The van der Waals surface area contributed by atoms with Gasteiger partial charge < -0.3 is 10.2 Å². The van der Waals surface area contributed by atoms with Gasteiger partial charge in [0.05, 0.1) is 0 Å². The molecular formula is C15H24F2N2. The van der Waals surface area contributed by atoms with Crippen LogP contribution in [0.3, 0.4) is 0 Å². The maximum Gasteiger partial charge on any atom is 0.130 e. The number of rotatable bonds is 8. The lowest BCUT2D eigenvalue weighted by Crippen LogP contribution is -2.27. The van der Waals surface area contributed by atoms with Crippen molar-refractivity contribution in [3.05, 3.63) is 34.9 Å². The van der Waals surface area contributed by atoms with Gasteiger partial charge in [-0.1, -0.05) is 13.8 Å². The lowest BCUT2D eigenvalue weighted by molar-refractivity contribution is 0.298. The SMILES string of the molecule is CCN(CC)CCCNCc1cc(C)c(F)cc1F. The van der Waals surface area contributed by atoms with Gasteiger partial charge in [0.1, 0.15) is 11.6 Å². The van der Waals surface area contributed by atoms with Gasteiger partial charge in [0.15, 0.2) is 0 Å². The van der Waals surface area contributed by atoms with Gasteiger partial charge in [0, 0.05) is 18.2 Å². The highest BCUT2D eigenvalue weighted by Gasteiger charge is 2.06. The molecule has 1 rings (SSSR count). The van der Waals surface area contributed by atoms with Gasteiger partial charge in [-0.15, -0.1) is 0 Å². The first-order chi connectivity index (χ1) is 9.08. The van der Waals surface area contributed by atoms with E-state index in [2.05, 4.69) is 24.1 Å². The Hall–Kier alpha value is -1.00. The molecule has 0 bridgehead atoms. The zero-order valence-electron chi connectivity index (χ0n) is 12.1. The van der Waals surface area contributed by atoms with E-state index in [0.29, 0.717) is 17.7 Å². The number of hydrogen-bond donors (Lipinski definition) is 1. The van der Waals surface area contributed by atoms with Crippen LogP contribution < -0.4 is 5.32 Å². The minimum atomic E-state index is -0.484. The summed E-state index contributed by atoms with van der Waals surface area (Å²) in [7, 11) is 0. The summed E-state index contributed by atoms with van der Waals surface area (Å²) in [5.41, 5.74) is 1.02. The van der Waals surface area contributed by atoms with Crippen LogP contribution >= 0.6 is 0 Å². The first-order valence-corrected chi connectivity index (χ1v) is 6.96. The van der Waals surface area contributed by atoms with Crippen LogP contribution in [0.2, 0.25) is 0 Å². The van der Waals surface area contributed by atoms with Crippen molar-refractivity contribution in [2.24, 2.45) is 0 Å². The minimum absolute atomic E-state index is 0.450. The molecule has 0 aliphatic rings. The summed E-state index contributed by atoms with van der Waals surface area (Å²) >= 11 is 0. The van der Waals surface area contributed by atoms with Crippen molar-refractivity contribution in [2.75, 3.05) is 26.2 Å². The highest BCUT2D eigenvalue weighted by molar-refractivity contribution is 5.25. The van der Waals surface area contributed by atoms with Crippen LogP contribution in [0, 0.1) is 18.6 Å². The monoisotopic (exact) mass is 270 g/mol. The van der Waals surface area contributed by atoms with E-state index >= 15 is 0 Å². The van der Waals surface area contributed by atoms with E-state index in [4.69, 9.17) is 0 Å². The predicted molar refractivity (Wildman–Crippen MR) is 75.2 cm³/mol. The zero-order chi connectivity index (χ0) is 14.3. The van der Waals surface area contributed by atoms with E-state index in [1.165, 1.54) is 0 Å². The maximum atomic E-state index is 13.5. The second-order valence-electron chi connectivity index (χ2n) is 4.75. The second-order valence-corrected chi connectivity index (χ2v) is 4.75. The molecule has 19 heavy (non-hydrogen) atoms. The molecule has 108 valence electrons. The quantitative estimate of drug-likeness (QED) is 0.730. The largest absolute Gasteiger partial charge is 0.313 e. The summed E-state index contributed by atoms with van der Waals surface area (Å²) in [6.07, 6.45) is 1.03. The van der Waals surface area contributed by atoms with Crippen LogP contribution in [0.15, 0.2) is 12.1 Å². The van der Waals surface area contributed by atoms with Crippen molar-refractivity contribution < 1.29 is 8.78 Å². The number of nitrogens with one attached hydrogen (secondary N) is 1. The van der Waals surface area contributed by atoms with E-state index in [-0.39, 0.29) is 0 Å². The van der Waals surface area contributed by atoms with Crippen LogP contribution in [0.1, 0.15) is 31.4 Å². The molecule has 0 amide bonds. The van der Waals surface area contributed by atoms with Crippen molar-refractivity contribution in [3.63, 3.8) is 0 Å². The molecule has 0 unspecified atom stereocenters. The minimum Gasteiger partial charge on any atom is -0.313 e. The van der Waals surface area contributed by atoms with Crippen LogP contribution in [0.25, 0.3) is 0 Å². The molecule has 0 saturated carbocycles. The zero-order valence-corrected chi connectivity index (χ0v) is 12.1. The van der Waals surface area contributed by atoms with Crippen LogP contribution in [0.5, 0.6) is 0 Å². The Morgan fingerprint density at radius 2 is 1.79 bits per heavy atom. The summed E-state index contributed by atoms with van der Waals surface area (Å²) < 4.78 is 26.6. The Bertz CT molecular complexity index is 390. The Morgan fingerprint density at radius 3 is 2.42 bits per heavy atom. The molecule has 0 atom stereocenters. The summed E-state index contributed by atoms with van der Waals surface area (Å²) in [5.74, 6) is -0.956. The van der Waals surface area contributed by atoms with Crippen LogP contribution in [-0.4, -0.2) is 31.1 Å². The number of nitrogens with zero attached hydrogens (tertiary/aromatic N) is 1. The van der Waals surface area contributed by atoms with Crippen LogP contribution in [-0.2, 0) is 6.54 Å². The third kappa shape index (κ3) is 5.25. The number of benzene rings is 1. The highest BCUT2D eigenvalue weighted by Crippen LogP contribution is 2.13. The van der Waals surface area contributed by atoms with Gasteiger partial charge in [-0.25, -0.2) is 8.78 Å². The van der Waals surface area contributed by atoms with Crippen molar-refractivity contribution in [3.8, 4) is 0 Å². The number of aryl methyl sites for hydroxylation is 1. The topological polar surface area (TPSA) is 15.3 Å². The van der Waals surface area contributed by atoms with Gasteiger partial charge in [0.2, 0.25) is 0 Å². The molecule has 0 saturated heterocycles. The Morgan fingerprint density at radius 1 is 1.11 bits per heavy atom. The normalized spacial score (nSPS) is 11.3. The first kappa shape index (κ1) is 16.1. The molecule has 4 heteroatoms. The molecule has 0 aromatic heterocycles. The second kappa shape index (κ2) is 8.23. The van der Waals surface area contributed by atoms with E-state index in [0.717, 1.165) is 38.7 Å². The third-order valence-corrected chi connectivity index (χ3v) is 3.37. The van der Waals surface area contributed by atoms with Gasteiger partial charge in [-0.2, -0.15) is 0 Å². The van der Waals surface area contributed by atoms with Gasteiger partial charge in [0.25, 0.3) is 0 Å². The predicted octanol–water partition coefficient (Wildman–Crippen LogP) is 3.09. The molecule has 2 nitrogen and oxygen atoms in total. The lowest BCUT2D eigenvalue weighted by Gasteiger charge is -2.17. The molecule has 0 radical (unpaired) electrons. The fourth-order valence-corrected chi connectivity index (χ4v) is 2.04. The molecule has 1 N–H and O–H groups in total. The molecular weight excluding hydrogens is 246 g/mol. The molecule has 0 spiro atoms. The molecule has 1 aromatic carbocycles. The molecule has 0 aliphatic heterocycles. The molecule has 0 aliphatic carbocycles. The fourth-order valence-electron chi connectivity index (χ4n) is 2.04. The Kier molecular flexibility index (Phi) is 6.95. The molecule has 1 aromatic rings. The summed E-state index contributed by atoms with van der Waals surface area (Å²) in [6.45, 7) is 10.4. The fraction of sp³-hybridized carbons (Fsp3) is 0.600. The van der Waals surface area contributed by atoms with E-state index in [1.807, 2.05) is 0 Å². The standard InChI is InChI=1S/C15H24F2N2/c1-4-19(5-2)8-6-7-18-11-13-9-12(3)14(16)10-15(13)17/h9-10,18H,4-8,11H2,1-3H3. The maximum absolute atomic E-state index is 13.5. The number of halogens is 2. The summed E-state index contributed by atoms with van der Waals surface area (Å²) in [6, 6.07) is 2.53. The molecule has 0 heterocycles. The lowest BCUT2D eigenvalue weighted by atomic mass is 10.1. The van der Waals surface area contributed by atoms with E-state index < -0.39 is 11.6 Å². The Labute approximate surface area is 114 Å². The van der Waals surface area contributed by atoms with Crippen molar-refractivity contribution in [1.29, 1.82) is 0 Å². The van der Waals surface area contributed by atoms with Gasteiger partial charge in [-0.05, 0) is 51.2 Å². The van der Waals surface area contributed by atoms with Crippen molar-refractivity contribution in [2.45, 2.75) is 33.7 Å². The molecule has 0 fully saturated rings. The third-order valence-electron chi connectivity index (χ3n) is 3.37. The van der Waals surface area contributed by atoms with E-state index in [1.54, 1.807) is 13.0 Å². The summed E-state index contributed by atoms with van der Waals surface area (Å²) in [4.78, 5) is 2.35. The van der Waals surface area contributed by atoms with Crippen molar-refractivity contribution in [1.82, 2.24) is 10.2 Å². The summed E-state index contributed by atoms with van der Waals surface area (Å²) in [5, 5.41) is 3.20.